The lowest BCUT2D eigenvalue weighted by atomic mass is 10.0. The van der Waals surface area contributed by atoms with Gasteiger partial charge in [0.15, 0.2) is 0 Å². The molecule has 2 rings (SSSR count). The molecule has 1 heterocycles. The Hall–Kier alpha value is -0.860. The highest BCUT2D eigenvalue weighted by molar-refractivity contribution is 9.11. The van der Waals surface area contributed by atoms with Crippen molar-refractivity contribution in [3.8, 4) is 6.07 Å². The number of amides is 1. The largest absolute Gasteiger partial charge is 0.323 e. The van der Waals surface area contributed by atoms with Gasteiger partial charge in [-0.15, -0.1) is 0 Å². The van der Waals surface area contributed by atoms with Gasteiger partial charge in [-0.2, -0.15) is 5.26 Å². The van der Waals surface area contributed by atoms with Crippen LogP contribution in [0.15, 0.2) is 27.1 Å². The van der Waals surface area contributed by atoms with Gasteiger partial charge >= 0.3 is 0 Å². The van der Waals surface area contributed by atoms with Crippen molar-refractivity contribution in [3.05, 3.63) is 32.7 Å². The van der Waals surface area contributed by atoms with Crippen LogP contribution in [-0.4, -0.2) is 23.4 Å². The smallest absolute Gasteiger partial charge is 0.256 e. The van der Waals surface area contributed by atoms with E-state index in [4.69, 9.17) is 5.26 Å². The lowest BCUT2D eigenvalue weighted by Crippen LogP contribution is -2.43. The highest BCUT2D eigenvalue weighted by atomic mass is 79.9. The first-order valence-corrected chi connectivity index (χ1v) is 7.37. The number of hydrogen-bond acceptors (Lipinski definition) is 2. The number of halogens is 2. The van der Waals surface area contributed by atoms with Crippen molar-refractivity contribution in [2.24, 2.45) is 0 Å². The van der Waals surface area contributed by atoms with E-state index in [1.165, 1.54) is 0 Å². The zero-order chi connectivity index (χ0) is 13.1. The summed E-state index contributed by atoms with van der Waals surface area (Å²) in [7, 11) is 0. The zero-order valence-electron chi connectivity index (χ0n) is 9.70. The maximum Gasteiger partial charge on any atom is 0.256 e. The molecule has 18 heavy (non-hydrogen) atoms. The van der Waals surface area contributed by atoms with Crippen LogP contribution in [0.2, 0.25) is 0 Å². The minimum Gasteiger partial charge on any atom is -0.323 e. The summed E-state index contributed by atoms with van der Waals surface area (Å²) >= 11 is 6.75. The molecule has 0 spiro atoms. The van der Waals surface area contributed by atoms with Crippen LogP contribution < -0.4 is 0 Å². The molecule has 1 aliphatic heterocycles. The van der Waals surface area contributed by atoms with Crippen molar-refractivity contribution >= 4 is 37.8 Å². The number of carbonyl (C=O) groups excluding carboxylic acids is 1. The van der Waals surface area contributed by atoms with Crippen molar-refractivity contribution < 1.29 is 4.79 Å². The van der Waals surface area contributed by atoms with Crippen LogP contribution in [0, 0.1) is 11.3 Å². The first-order chi connectivity index (χ1) is 8.63. The molecule has 1 amide bonds. The van der Waals surface area contributed by atoms with Gasteiger partial charge in [0.05, 0.1) is 11.6 Å². The highest BCUT2D eigenvalue weighted by Gasteiger charge is 2.28. The molecule has 3 nitrogen and oxygen atoms in total. The Morgan fingerprint density at radius 1 is 1.39 bits per heavy atom. The molecule has 5 heteroatoms. The molecule has 1 fully saturated rings. The lowest BCUT2D eigenvalue weighted by Gasteiger charge is -2.31. The first-order valence-electron chi connectivity index (χ1n) is 5.79. The summed E-state index contributed by atoms with van der Waals surface area (Å²) in [5, 5.41) is 9.12. The van der Waals surface area contributed by atoms with Crippen molar-refractivity contribution in [2.45, 2.75) is 25.3 Å². The molecule has 0 bridgehead atoms. The van der Waals surface area contributed by atoms with Crippen LogP contribution in [0.25, 0.3) is 0 Å². The highest BCUT2D eigenvalue weighted by Crippen LogP contribution is 2.26. The minimum absolute atomic E-state index is 0.0746. The van der Waals surface area contributed by atoms with E-state index in [1.54, 1.807) is 11.0 Å². The third-order valence-corrected chi connectivity index (χ3v) is 4.26. The summed E-state index contributed by atoms with van der Waals surface area (Å²) in [4.78, 5) is 14.1. The average molecular weight is 372 g/mol. The summed E-state index contributed by atoms with van der Waals surface area (Å²) in [5.41, 5.74) is 0.603. The number of rotatable bonds is 1. The molecule has 0 N–H and O–H groups in total. The van der Waals surface area contributed by atoms with Crippen LogP contribution in [0.3, 0.4) is 0 Å². The van der Waals surface area contributed by atoms with Gasteiger partial charge in [0.25, 0.3) is 5.91 Å². The molecule has 1 aromatic carbocycles. The van der Waals surface area contributed by atoms with Gasteiger partial charge in [-0.3, -0.25) is 4.79 Å². The molecule has 0 aromatic heterocycles. The molecule has 94 valence electrons. The third kappa shape index (κ3) is 2.76. The third-order valence-electron chi connectivity index (χ3n) is 3.07. The Morgan fingerprint density at radius 3 is 2.89 bits per heavy atom. The van der Waals surface area contributed by atoms with Crippen molar-refractivity contribution in [3.63, 3.8) is 0 Å². The van der Waals surface area contributed by atoms with Gasteiger partial charge in [-0.1, -0.05) is 15.9 Å². The van der Waals surface area contributed by atoms with Gasteiger partial charge in [-0.05, 0) is 53.4 Å². The van der Waals surface area contributed by atoms with Gasteiger partial charge in [0.2, 0.25) is 0 Å². The molecule has 1 unspecified atom stereocenters. The van der Waals surface area contributed by atoms with Crippen molar-refractivity contribution in [1.29, 1.82) is 5.26 Å². The number of benzene rings is 1. The number of nitriles is 1. The Bertz CT molecular complexity index is 510. The maximum atomic E-state index is 12.5. The predicted molar refractivity (Wildman–Crippen MR) is 76.1 cm³/mol. The fourth-order valence-electron chi connectivity index (χ4n) is 2.12. The summed E-state index contributed by atoms with van der Waals surface area (Å²) in [5.74, 6) is -0.0746. The Kier molecular flexibility index (Phi) is 4.41. The van der Waals surface area contributed by atoms with Crippen LogP contribution in [0.1, 0.15) is 29.6 Å². The zero-order valence-corrected chi connectivity index (χ0v) is 12.9. The number of hydrogen-bond donors (Lipinski definition) is 0. The molecular formula is C13H12Br2N2O. The van der Waals surface area contributed by atoms with E-state index in [2.05, 4.69) is 37.9 Å². The van der Waals surface area contributed by atoms with E-state index in [1.807, 2.05) is 12.1 Å². The van der Waals surface area contributed by atoms with Crippen LogP contribution in [-0.2, 0) is 0 Å². The summed E-state index contributed by atoms with van der Waals surface area (Å²) in [6.45, 7) is 0.663. The second-order valence-corrected chi connectivity index (χ2v) is 6.03. The molecule has 1 atom stereocenters. The topological polar surface area (TPSA) is 44.1 Å². The monoisotopic (exact) mass is 370 g/mol. The predicted octanol–water partition coefficient (Wildman–Crippen LogP) is 3.73. The second-order valence-electron chi connectivity index (χ2n) is 4.26. The summed E-state index contributed by atoms with van der Waals surface area (Å²) in [6, 6.07) is 7.42. The summed E-state index contributed by atoms with van der Waals surface area (Å²) < 4.78 is 1.62. The second kappa shape index (κ2) is 5.85. The standard InChI is InChI=1S/C13H12Br2N2O/c14-9-4-5-12(15)11(7-9)13(18)17-6-2-1-3-10(17)8-16/h4-5,7,10H,1-3,6H2. The van der Waals surface area contributed by atoms with E-state index >= 15 is 0 Å². The molecule has 0 saturated carbocycles. The average Bonchev–Trinajstić information content (AvgIpc) is 2.40. The molecule has 1 saturated heterocycles. The fraction of sp³-hybridized carbons (Fsp3) is 0.385. The number of carbonyl (C=O) groups is 1. The van der Waals surface area contributed by atoms with E-state index in [0.29, 0.717) is 12.1 Å². The van der Waals surface area contributed by atoms with Crippen LogP contribution in [0.5, 0.6) is 0 Å². The molecule has 1 aliphatic rings. The van der Waals surface area contributed by atoms with Gasteiger partial charge in [0, 0.05) is 15.5 Å². The molecule has 0 aliphatic carbocycles. The van der Waals surface area contributed by atoms with Crippen molar-refractivity contribution in [1.82, 2.24) is 4.90 Å². The normalized spacial score (nSPS) is 19.4. The quantitative estimate of drug-likeness (QED) is 0.754. The minimum atomic E-state index is -0.294. The van der Waals surface area contributed by atoms with E-state index < -0.39 is 0 Å². The maximum absolute atomic E-state index is 12.5. The summed E-state index contributed by atoms with van der Waals surface area (Å²) in [6.07, 6.45) is 2.76. The van der Waals surface area contributed by atoms with Gasteiger partial charge in [0.1, 0.15) is 6.04 Å². The fourth-order valence-corrected chi connectivity index (χ4v) is 2.90. The Balaban J connectivity index is 2.30. The van der Waals surface area contributed by atoms with E-state index in [-0.39, 0.29) is 11.9 Å². The number of likely N-dealkylation sites (tertiary alicyclic amines) is 1. The Labute approximate surface area is 123 Å². The SMILES string of the molecule is N#CC1CCCCN1C(=O)c1cc(Br)ccc1Br. The number of piperidine rings is 1. The number of nitrogens with zero attached hydrogens (tertiary/aromatic N) is 2. The van der Waals surface area contributed by atoms with Crippen LogP contribution in [0.4, 0.5) is 0 Å². The molecule has 1 aromatic rings. The van der Waals surface area contributed by atoms with E-state index in [9.17, 15) is 4.79 Å². The lowest BCUT2D eigenvalue weighted by molar-refractivity contribution is 0.0669. The Morgan fingerprint density at radius 2 is 2.17 bits per heavy atom. The van der Waals surface area contributed by atoms with E-state index in [0.717, 1.165) is 28.2 Å². The molecule has 0 radical (unpaired) electrons. The van der Waals surface area contributed by atoms with Gasteiger partial charge in [-0.25, -0.2) is 0 Å². The van der Waals surface area contributed by atoms with Gasteiger partial charge < -0.3 is 4.90 Å². The first kappa shape index (κ1) is 13.6. The van der Waals surface area contributed by atoms with Crippen LogP contribution >= 0.6 is 31.9 Å². The molecular weight excluding hydrogens is 360 g/mol. The van der Waals surface area contributed by atoms with Crippen molar-refractivity contribution in [2.75, 3.05) is 6.54 Å².